The van der Waals surface area contributed by atoms with Crippen LogP contribution in [0.1, 0.15) is 69.8 Å². The number of pyridine rings is 1. The van der Waals surface area contributed by atoms with E-state index >= 15 is 0 Å². The van der Waals surface area contributed by atoms with E-state index in [2.05, 4.69) is 96.3 Å². The molecule has 226 valence electrons. The molecule has 3 aliphatic heterocycles. The van der Waals surface area contributed by atoms with Crippen molar-refractivity contribution in [1.29, 1.82) is 0 Å². The van der Waals surface area contributed by atoms with Crippen LogP contribution in [0.2, 0.25) is 0 Å². The summed E-state index contributed by atoms with van der Waals surface area (Å²) in [7, 11) is 2.17. The number of rotatable bonds is 6. The number of nitrogens with zero attached hydrogens (tertiary/aromatic N) is 4. The third-order valence-corrected chi connectivity index (χ3v) is 9.40. The molecule has 0 atom stereocenters. The van der Waals surface area contributed by atoms with E-state index in [-0.39, 0.29) is 17.0 Å². The Hall–Kier alpha value is -2.94. The smallest absolute Gasteiger partial charge is 0.251 e. The molecule has 3 saturated heterocycles. The Morgan fingerprint density at radius 1 is 1.00 bits per heavy atom. The van der Waals surface area contributed by atoms with Gasteiger partial charge in [0.05, 0.1) is 0 Å². The highest BCUT2D eigenvalue weighted by molar-refractivity contribution is 6.08. The number of aromatic nitrogens is 2. The van der Waals surface area contributed by atoms with E-state index in [0.29, 0.717) is 18.5 Å². The predicted molar refractivity (Wildman–Crippen MR) is 170 cm³/mol. The van der Waals surface area contributed by atoms with Crippen molar-refractivity contribution in [1.82, 2.24) is 25.1 Å². The van der Waals surface area contributed by atoms with Gasteiger partial charge in [0.2, 0.25) is 0 Å². The summed E-state index contributed by atoms with van der Waals surface area (Å²) in [6.45, 7) is 15.4. The number of ether oxygens (including phenoxy) is 1. The number of hydrogen-bond donors (Lipinski definition) is 2. The third-order valence-electron chi connectivity index (χ3n) is 9.40. The molecule has 2 N–H and O–H groups in total. The van der Waals surface area contributed by atoms with Crippen molar-refractivity contribution in [2.75, 3.05) is 57.9 Å². The fourth-order valence-corrected chi connectivity index (χ4v) is 7.69. The van der Waals surface area contributed by atoms with Gasteiger partial charge in [0.1, 0.15) is 5.82 Å². The number of benzene rings is 1. The molecular weight excluding hydrogens is 524 g/mol. The number of carbonyl (C=O) groups excluding carboxylic acids is 1. The van der Waals surface area contributed by atoms with Gasteiger partial charge in [0.25, 0.3) is 5.91 Å². The minimum absolute atomic E-state index is 0.00254. The number of likely N-dealkylation sites (N-methyl/N-ethyl adjacent to an activating group) is 1. The fraction of sp³-hybridized carbons (Fsp3) is 0.588. The summed E-state index contributed by atoms with van der Waals surface area (Å²) >= 11 is 0. The SMILES string of the molecule is CN1CCN(c2ccc(-c3cc(C(=O)NCC4CC(C)(C)NC(C)(C)C4)c4ccn(C5CCOCC5)c4c3)cn2)CC1. The van der Waals surface area contributed by atoms with Crippen LogP contribution in [-0.4, -0.2) is 84.4 Å². The van der Waals surface area contributed by atoms with Crippen molar-refractivity contribution in [3.8, 4) is 11.1 Å². The van der Waals surface area contributed by atoms with Crippen LogP contribution in [0.4, 0.5) is 5.82 Å². The Bertz CT molecular complexity index is 1380. The molecule has 1 amide bonds. The average Bonchev–Trinajstić information content (AvgIpc) is 3.39. The lowest BCUT2D eigenvalue weighted by Gasteiger charge is -2.46. The lowest BCUT2D eigenvalue weighted by Crippen LogP contribution is -2.59. The van der Waals surface area contributed by atoms with Gasteiger partial charge in [-0.2, -0.15) is 0 Å². The molecule has 1 aromatic carbocycles. The maximum Gasteiger partial charge on any atom is 0.251 e. The van der Waals surface area contributed by atoms with Crippen molar-refractivity contribution in [3.05, 3.63) is 48.3 Å². The Morgan fingerprint density at radius 2 is 1.71 bits per heavy atom. The Kier molecular flexibility index (Phi) is 8.07. The molecule has 0 unspecified atom stereocenters. The molecule has 0 aliphatic carbocycles. The van der Waals surface area contributed by atoms with Crippen LogP contribution in [0.3, 0.4) is 0 Å². The Labute approximate surface area is 250 Å². The predicted octanol–water partition coefficient (Wildman–Crippen LogP) is 5.09. The van der Waals surface area contributed by atoms with Crippen LogP contribution in [0.15, 0.2) is 42.7 Å². The number of nitrogens with one attached hydrogen (secondary N) is 2. The van der Waals surface area contributed by atoms with Crippen LogP contribution in [0.25, 0.3) is 22.0 Å². The zero-order valence-electron chi connectivity index (χ0n) is 26.1. The molecule has 3 aromatic rings. The van der Waals surface area contributed by atoms with E-state index in [1.54, 1.807) is 0 Å². The van der Waals surface area contributed by atoms with Crippen molar-refractivity contribution in [2.24, 2.45) is 5.92 Å². The second kappa shape index (κ2) is 11.6. The molecule has 8 nitrogen and oxygen atoms in total. The molecule has 6 rings (SSSR count). The minimum atomic E-state index is 0.00254. The molecule has 0 bridgehead atoms. The maximum atomic E-state index is 13.9. The highest BCUT2D eigenvalue weighted by atomic mass is 16.5. The topological polar surface area (TPSA) is 74.7 Å². The van der Waals surface area contributed by atoms with E-state index < -0.39 is 0 Å². The average molecular weight is 573 g/mol. The van der Waals surface area contributed by atoms with Crippen molar-refractivity contribution < 1.29 is 9.53 Å². The van der Waals surface area contributed by atoms with Gasteiger partial charge in [-0.25, -0.2) is 4.98 Å². The summed E-state index contributed by atoms with van der Waals surface area (Å²) in [4.78, 5) is 23.5. The summed E-state index contributed by atoms with van der Waals surface area (Å²) in [5.74, 6) is 1.45. The fourth-order valence-electron chi connectivity index (χ4n) is 7.69. The second-order valence-electron chi connectivity index (χ2n) is 14.1. The van der Waals surface area contributed by atoms with Gasteiger partial charge in [-0.15, -0.1) is 0 Å². The van der Waals surface area contributed by atoms with Gasteiger partial charge in [-0.3, -0.25) is 4.79 Å². The molecule has 3 fully saturated rings. The molecule has 2 aromatic heterocycles. The van der Waals surface area contributed by atoms with E-state index in [9.17, 15) is 4.79 Å². The quantitative estimate of drug-likeness (QED) is 0.429. The van der Waals surface area contributed by atoms with Gasteiger partial charge in [-0.05, 0) is 102 Å². The van der Waals surface area contributed by atoms with Crippen molar-refractivity contribution in [2.45, 2.75) is 70.5 Å². The first-order valence-corrected chi connectivity index (χ1v) is 15.8. The summed E-state index contributed by atoms with van der Waals surface area (Å²) in [6.07, 6.45) is 8.18. The normalized spacial score (nSPS) is 22.0. The molecule has 8 heteroatoms. The molecule has 0 radical (unpaired) electrons. The zero-order chi connectivity index (χ0) is 29.5. The van der Waals surface area contributed by atoms with Gasteiger partial charge >= 0.3 is 0 Å². The van der Waals surface area contributed by atoms with E-state index in [1.807, 2.05) is 6.20 Å². The Balaban J connectivity index is 1.29. The van der Waals surface area contributed by atoms with Crippen LogP contribution in [0, 0.1) is 5.92 Å². The lowest BCUT2D eigenvalue weighted by atomic mass is 9.76. The highest BCUT2D eigenvalue weighted by Gasteiger charge is 2.37. The Morgan fingerprint density at radius 3 is 2.38 bits per heavy atom. The van der Waals surface area contributed by atoms with Crippen LogP contribution >= 0.6 is 0 Å². The summed E-state index contributed by atoms with van der Waals surface area (Å²) in [5, 5.41) is 8.10. The first-order chi connectivity index (χ1) is 20.1. The third kappa shape index (κ3) is 6.36. The first kappa shape index (κ1) is 29.1. The van der Waals surface area contributed by atoms with E-state index in [4.69, 9.17) is 9.72 Å². The first-order valence-electron chi connectivity index (χ1n) is 15.8. The van der Waals surface area contributed by atoms with Crippen LogP contribution in [-0.2, 0) is 4.74 Å². The van der Waals surface area contributed by atoms with E-state index in [0.717, 1.165) is 98.5 Å². The molecule has 42 heavy (non-hydrogen) atoms. The number of amides is 1. The van der Waals surface area contributed by atoms with Crippen LogP contribution < -0.4 is 15.5 Å². The molecule has 3 aliphatic rings. The van der Waals surface area contributed by atoms with Gasteiger partial charge in [0, 0.05) is 97.5 Å². The maximum absolute atomic E-state index is 13.9. The molecule has 0 spiro atoms. The number of piperidine rings is 1. The largest absolute Gasteiger partial charge is 0.381 e. The number of piperazine rings is 1. The van der Waals surface area contributed by atoms with Crippen LogP contribution in [0.5, 0.6) is 0 Å². The van der Waals surface area contributed by atoms with Gasteiger partial charge in [-0.1, -0.05) is 0 Å². The summed E-state index contributed by atoms with van der Waals surface area (Å²) in [5.41, 5.74) is 4.01. The number of fused-ring (bicyclic) bond motifs is 1. The molecule has 0 saturated carbocycles. The minimum Gasteiger partial charge on any atom is -0.381 e. The monoisotopic (exact) mass is 572 g/mol. The van der Waals surface area contributed by atoms with Crippen molar-refractivity contribution >= 4 is 22.6 Å². The van der Waals surface area contributed by atoms with Gasteiger partial charge in [0.15, 0.2) is 0 Å². The highest BCUT2D eigenvalue weighted by Crippen LogP contribution is 2.35. The van der Waals surface area contributed by atoms with Crippen molar-refractivity contribution in [3.63, 3.8) is 0 Å². The lowest BCUT2D eigenvalue weighted by molar-refractivity contribution is 0.0707. The number of carbonyl (C=O) groups is 1. The summed E-state index contributed by atoms with van der Waals surface area (Å²) in [6, 6.07) is 11.1. The zero-order valence-corrected chi connectivity index (χ0v) is 26.1. The molecule has 5 heterocycles. The van der Waals surface area contributed by atoms with E-state index in [1.165, 1.54) is 0 Å². The molecular formula is C34H48N6O2. The van der Waals surface area contributed by atoms with Gasteiger partial charge < -0.3 is 29.7 Å². The summed E-state index contributed by atoms with van der Waals surface area (Å²) < 4.78 is 8.02. The second-order valence-corrected chi connectivity index (χ2v) is 14.1. The standard InChI is InChI=1S/C34H48N6O2/c1-33(2)20-24(21-34(3,4)37-33)22-36-32(41)29-18-26(19-30-28(29)8-11-40(30)27-9-16-42-17-10-27)25-6-7-31(35-23-25)39-14-12-38(5)13-15-39/h6-8,11,18-19,23-24,27,37H,9-10,12-17,20-22H2,1-5H3,(H,36,41). The number of hydrogen-bond acceptors (Lipinski definition) is 6. The number of anilines is 1.